The van der Waals surface area contributed by atoms with Gasteiger partial charge in [0.1, 0.15) is 5.82 Å². The van der Waals surface area contributed by atoms with E-state index in [1.165, 1.54) is 6.07 Å². The molecular formula is C7H5BrFI. The first-order chi connectivity index (χ1) is 4.74. The van der Waals surface area contributed by atoms with Gasteiger partial charge in [0, 0.05) is 4.43 Å². The minimum absolute atomic E-state index is 0.186. The highest BCUT2D eigenvalue weighted by molar-refractivity contribution is 14.1. The molecule has 3 heteroatoms. The maximum Gasteiger partial charge on any atom is 0.137 e. The van der Waals surface area contributed by atoms with E-state index in [1.54, 1.807) is 6.07 Å². The van der Waals surface area contributed by atoms with E-state index in [1.807, 2.05) is 6.07 Å². The van der Waals surface area contributed by atoms with E-state index in [-0.39, 0.29) is 5.82 Å². The van der Waals surface area contributed by atoms with Crippen LogP contribution in [0, 0.1) is 5.82 Å². The Morgan fingerprint density at radius 1 is 1.50 bits per heavy atom. The average Bonchev–Trinajstić information content (AvgIpc) is 1.95. The maximum absolute atomic E-state index is 12.7. The summed E-state index contributed by atoms with van der Waals surface area (Å²) in [6, 6.07) is 5.17. The largest absolute Gasteiger partial charge is 0.206 e. The van der Waals surface area contributed by atoms with Gasteiger partial charge in [-0.25, -0.2) is 4.39 Å². The van der Waals surface area contributed by atoms with Gasteiger partial charge >= 0.3 is 0 Å². The summed E-state index contributed by atoms with van der Waals surface area (Å²) in [4.78, 5) is 0. The van der Waals surface area contributed by atoms with Crippen LogP contribution in [0.2, 0.25) is 0 Å². The van der Waals surface area contributed by atoms with Crippen LogP contribution in [-0.2, 0) is 4.43 Å². The predicted molar refractivity (Wildman–Crippen MR) is 51.8 cm³/mol. The third kappa shape index (κ3) is 1.92. The second-order valence-corrected chi connectivity index (χ2v) is 3.50. The van der Waals surface area contributed by atoms with Gasteiger partial charge in [-0.2, -0.15) is 0 Å². The molecule has 1 aromatic carbocycles. The van der Waals surface area contributed by atoms with Gasteiger partial charge in [0.15, 0.2) is 0 Å². The minimum atomic E-state index is -0.186. The van der Waals surface area contributed by atoms with Crippen LogP contribution in [0.25, 0.3) is 0 Å². The summed E-state index contributed by atoms with van der Waals surface area (Å²) in [5.41, 5.74) is 1.02. The van der Waals surface area contributed by atoms with Crippen LogP contribution in [0.1, 0.15) is 5.56 Å². The Hall–Kier alpha value is 0.360. The summed E-state index contributed by atoms with van der Waals surface area (Å²) < 4.78 is 14.1. The molecule has 0 saturated carbocycles. The van der Waals surface area contributed by atoms with Crippen LogP contribution in [0.15, 0.2) is 22.7 Å². The summed E-state index contributed by atoms with van der Waals surface area (Å²) in [6.07, 6.45) is 0. The zero-order valence-corrected chi connectivity index (χ0v) is 8.82. The quantitative estimate of drug-likeness (QED) is 0.549. The van der Waals surface area contributed by atoms with Crippen molar-refractivity contribution >= 4 is 38.5 Å². The molecule has 0 aliphatic carbocycles. The van der Waals surface area contributed by atoms with Gasteiger partial charge < -0.3 is 0 Å². The van der Waals surface area contributed by atoms with Crippen molar-refractivity contribution in [2.24, 2.45) is 0 Å². The van der Waals surface area contributed by atoms with E-state index in [9.17, 15) is 4.39 Å². The fraction of sp³-hybridized carbons (Fsp3) is 0.143. The lowest BCUT2D eigenvalue weighted by Crippen LogP contribution is -1.80. The molecule has 10 heavy (non-hydrogen) atoms. The third-order valence-electron chi connectivity index (χ3n) is 1.14. The van der Waals surface area contributed by atoms with Crippen molar-refractivity contribution in [3.8, 4) is 0 Å². The average molecular weight is 315 g/mol. The summed E-state index contributed by atoms with van der Waals surface area (Å²) in [5, 5.41) is 0. The Morgan fingerprint density at radius 3 is 2.70 bits per heavy atom. The van der Waals surface area contributed by atoms with Crippen molar-refractivity contribution in [3.05, 3.63) is 34.1 Å². The topological polar surface area (TPSA) is 0 Å². The van der Waals surface area contributed by atoms with Crippen LogP contribution < -0.4 is 0 Å². The summed E-state index contributed by atoms with van der Waals surface area (Å²) >= 11 is 5.28. The van der Waals surface area contributed by atoms with Crippen LogP contribution in [0.5, 0.6) is 0 Å². The van der Waals surface area contributed by atoms with Crippen molar-refractivity contribution in [1.29, 1.82) is 0 Å². The maximum atomic E-state index is 12.7. The highest BCUT2D eigenvalue weighted by atomic mass is 127. The second-order valence-electron chi connectivity index (χ2n) is 1.88. The lowest BCUT2D eigenvalue weighted by Gasteiger charge is -1.96. The van der Waals surface area contributed by atoms with Crippen molar-refractivity contribution in [2.75, 3.05) is 0 Å². The Bertz CT molecular complexity index is 237. The smallest absolute Gasteiger partial charge is 0.137 e. The molecule has 1 rings (SSSR count). The Labute approximate surface area is 81.1 Å². The number of benzene rings is 1. The molecule has 0 atom stereocenters. The number of rotatable bonds is 1. The fourth-order valence-corrected chi connectivity index (χ4v) is 1.34. The fourth-order valence-electron chi connectivity index (χ4n) is 0.623. The van der Waals surface area contributed by atoms with E-state index < -0.39 is 0 Å². The molecule has 54 valence electrons. The van der Waals surface area contributed by atoms with Gasteiger partial charge in [-0.05, 0) is 33.6 Å². The molecule has 0 radical (unpaired) electrons. The lowest BCUT2D eigenvalue weighted by molar-refractivity contribution is 0.620. The van der Waals surface area contributed by atoms with Crippen LogP contribution in [0.4, 0.5) is 4.39 Å². The molecule has 0 saturated heterocycles. The Balaban J connectivity index is 3.04. The molecule has 0 bridgehead atoms. The van der Waals surface area contributed by atoms with Crippen LogP contribution in [-0.4, -0.2) is 0 Å². The van der Waals surface area contributed by atoms with Crippen molar-refractivity contribution < 1.29 is 4.39 Å². The molecule has 0 heterocycles. The molecule has 0 aliphatic heterocycles. The number of halogens is 3. The standard InChI is InChI=1S/C7H5BrFI/c8-6-2-1-5(4-10)3-7(6)9/h1-3H,4H2. The number of hydrogen-bond acceptors (Lipinski definition) is 0. The monoisotopic (exact) mass is 314 g/mol. The van der Waals surface area contributed by atoms with Crippen LogP contribution in [0.3, 0.4) is 0 Å². The van der Waals surface area contributed by atoms with Gasteiger partial charge in [0.25, 0.3) is 0 Å². The summed E-state index contributed by atoms with van der Waals surface area (Å²) in [7, 11) is 0. The van der Waals surface area contributed by atoms with Gasteiger partial charge in [-0.1, -0.05) is 28.7 Å². The van der Waals surface area contributed by atoms with Crippen molar-refractivity contribution in [3.63, 3.8) is 0 Å². The van der Waals surface area contributed by atoms with E-state index >= 15 is 0 Å². The molecule has 0 aromatic heterocycles. The molecule has 0 amide bonds. The van der Waals surface area contributed by atoms with E-state index in [4.69, 9.17) is 0 Å². The molecule has 0 fully saturated rings. The van der Waals surface area contributed by atoms with Gasteiger partial charge in [0.05, 0.1) is 4.47 Å². The molecular weight excluding hydrogens is 310 g/mol. The first kappa shape index (κ1) is 8.46. The Kier molecular flexibility index (Phi) is 3.10. The van der Waals surface area contributed by atoms with Gasteiger partial charge in [-0.3, -0.25) is 0 Å². The van der Waals surface area contributed by atoms with E-state index in [0.29, 0.717) is 4.47 Å². The SMILES string of the molecule is Fc1cc(CI)ccc1Br. The highest BCUT2D eigenvalue weighted by Crippen LogP contribution is 2.17. The van der Waals surface area contributed by atoms with Gasteiger partial charge in [-0.15, -0.1) is 0 Å². The lowest BCUT2D eigenvalue weighted by atomic mass is 10.2. The molecule has 0 aliphatic rings. The van der Waals surface area contributed by atoms with Crippen molar-refractivity contribution in [2.45, 2.75) is 4.43 Å². The van der Waals surface area contributed by atoms with E-state index in [0.717, 1.165) is 9.99 Å². The second kappa shape index (κ2) is 3.67. The van der Waals surface area contributed by atoms with Gasteiger partial charge in [0.2, 0.25) is 0 Å². The first-order valence-electron chi connectivity index (χ1n) is 2.74. The third-order valence-corrected chi connectivity index (χ3v) is 2.66. The number of hydrogen-bond donors (Lipinski definition) is 0. The van der Waals surface area contributed by atoms with Crippen LogP contribution >= 0.6 is 38.5 Å². The normalized spacial score (nSPS) is 9.90. The number of alkyl halides is 1. The first-order valence-corrected chi connectivity index (χ1v) is 5.06. The molecule has 0 N–H and O–H groups in total. The summed E-state index contributed by atoms with van der Waals surface area (Å²) in [6.45, 7) is 0. The molecule has 0 unspecified atom stereocenters. The molecule has 0 spiro atoms. The minimum Gasteiger partial charge on any atom is -0.206 e. The zero-order chi connectivity index (χ0) is 7.56. The molecule has 0 nitrogen and oxygen atoms in total. The van der Waals surface area contributed by atoms with Crippen molar-refractivity contribution in [1.82, 2.24) is 0 Å². The predicted octanol–water partition coefficient (Wildman–Crippen LogP) is 3.52. The highest BCUT2D eigenvalue weighted by Gasteiger charge is 1.97. The summed E-state index contributed by atoms with van der Waals surface area (Å²) in [5.74, 6) is -0.186. The Morgan fingerprint density at radius 2 is 2.20 bits per heavy atom. The molecule has 1 aromatic rings. The van der Waals surface area contributed by atoms with E-state index in [2.05, 4.69) is 38.5 Å². The zero-order valence-electron chi connectivity index (χ0n) is 5.07.